The Bertz CT molecular complexity index is 1500. The number of halogens is 1. The summed E-state index contributed by atoms with van der Waals surface area (Å²) < 4.78 is 18.7. The average molecular weight is 496 g/mol. The largest absolute Gasteiger partial charge is 0.339 e. The summed E-state index contributed by atoms with van der Waals surface area (Å²) in [6, 6.07) is 19.1. The van der Waals surface area contributed by atoms with E-state index in [0.717, 1.165) is 17.7 Å². The van der Waals surface area contributed by atoms with Gasteiger partial charge in [-0.05, 0) is 67.4 Å². The van der Waals surface area contributed by atoms with E-state index in [-0.39, 0.29) is 17.6 Å². The van der Waals surface area contributed by atoms with Crippen LogP contribution in [0.1, 0.15) is 55.7 Å². The Labute approximate surface area is 211 Å². The molecule has 3 aromatic carbocycles. The third kappa shape index (κ3) is 4.08. The van der Waals surface area contributed by atoms with Gasteiger partial charge in [-0.1, -0.05) is 23.4 Å². The zero-order valence-electron chi connectivity index (χ0n) is 19.6. The molecule has 8 nitrogen and oxygen atoms in total. The van der Waals surface area contributed by atoms with E-state index in [1.54, 1.807) is 65.6 Å². The smallest absolute Gasteiger partial charge is 0.266 e. The lowest BCUT2D eigenvalue weighted by Crippen LogP contribution is -2.39. The van der Waals surface area contributed by atoms with Crippen molar-refractivity contribution >= 4 is 23.4 Å². The van der Waals surface area contributed by atoms with Crippen molar-refractivity contribution in [1.29, 1.82) is 0 Å². The lowest BCUT2D eigenvalue weighted by molar-refractivity contribution is 0.0694. The van der Waals surface area contributed by atoms with Gasteiger partial charge in [0.05, 0.1) is 22.7 Å². The third-order valence-electron chi connectivity index (χ3n) is 6.75. The van der Waals surface area contributed by atoms with Crippen molar-refractivity contribution in [1.82, 2.24) is 15.0 Å². The Balaban J connectivity index is 1.20. The Kier molecular flexibility index (Phi) is 5.60. The molecule has 0 radical (unpaired) electrons. The van der Waals surface area contributed by atoms with Crippen molar-refractivity contribution in [2.75, 3.05) is 18.0 Å². The summed E-state index contributed by atoms with van der Waals surface area (Å²) in [5.74, 6) is -0.710. The minimum atomic E-state index is -0.406. The molecule has 184 valence electrons. The molecule has 1 fully saturated rings. The lowest BCUT2D eigenvalue weighted by atomic mass is 9.97. The fourth-order valence-corrected chi connectivity index (χ4v) is 4.86. The maximum Gasteiger partial charge on any atom is 0.266 e. The molecule has 0 spiro atoms. The number of rotatable bonds is 4. The summed E-state index contributed by atoms with van der Waals surface area (Å²) in [4.78, 5) is 46.5. The van der Waals surface area contributed by atoms with E-state index in [0.29, 0.717) is 52.7 Å². The molecule has 1 aromatic heterocycles. The zero-order valence-corrected chi connectivity index (χ0v) is 19.6. The standard InChI is InChI=1S/C28H21FN4O4/c29-20-12-10-17(11-13-20)24-30-25(37-31-24)19-6-4-14-32(16-19)26(34)18-5-3-7-21(15-18)33-27(35)22-8-1-2-9-23(22)28(33)36/h1-3,5,7-13,15,19H,4,6,14,16H2. The van der Waals surface area contributed by atoms with Crippen molar-refractivity contribution in [2.24, 2.45) is 0 Å². The Morgan fingerprint density at radius 1 is 0.946 bits per heavy atom. The number of benzene rings is 3. The van der Waals surface area contributed by atoms with Crippen LogP contribution in [0.2, 0.25) is 0 Å². The molecule has 0 saturated carbocycles. The first kappa shape index (κ1) is 22.8. The maximum absolute atomic E-state index is 13.4. The molecule has 3 heterocycles. The molecule has 4 aromatic rings. The molecule has 1 atom stereocenters. The molecule has 2 aliphatic heterocycles. The number of hydrogen-bond acceptors (Lipinski definition) is 6. The number of likely N-dealkylation sites (tertiary alicyclic amines) is 1. The van der Waals surface area contributed by atoms with Crippen molar-refractivity contribution in [2.45, 2.75) is 18.8 Å². The second kappa shape index (κ2) is 9.09. The van der Waals surface area contributed by atoms with Crippen LogP contribution in [0.5, 0.6) is 0 Å². The number of fused-ring (bicyclic) bond motifs is 1. The van der Waals surface area contributed by atoms with Crippen LogP contribution in [-0.2, 0) is 0 Å². The molecular weight excluding hydrogens is 475 g/mol. The van der Waals surface area contributed by atoms with Crippen LogP contribution in [0.3, 0.4) is 0 Å². The van der Waals surface area contributed by atoms with E-state index in [1.165, 1.54) is 12.1 Å². The van der Waals surface area contributed by atoms with Gasteiger partial charge in [-0.3, -0.25) is 14.4 Å². The topological polar surface area (TPSA) is 96.6 Å². The van der Waals surface area contributed by atoms with Gasteiger partial charge in [0, 0.05) is 24.2 Å². The predicted molar refractivity (Wildman–Crippen MR) is 132 cm³/mol. The molecule has 1 unspecified atom stereocenters. The molecule has 3 amide bonds. The van der Waals surface area contributed by atoms with Gasteiger partial charge in [0.25, 0.3) is 17.7 Å². The summed E-state index contributed by atoms with van der Waals surface area (Å²) in [6.07, 6.45) is 1.53. The fraction of sp³-hybridized carbons (Fsp3) is 0.179. The summed E-state index contributed by atoms with van der Waals surface area (Å²) in [5, 5.41) is 4.03. The minimum Gasteiger partial charge on any atom is -0.339 e. The molecule has 0 N–H and O–H groups in total. The highest BCUT2D eigenvalue weighted by Crippen LogP contribution is 2.31. The minimum absolute atomic E-state index is 0.140. The number of imide groups is 1. The summed E-state index contributed by atoms with van der Waals surface area (Å²) >= 11 is 0. The number of carbonyl (C=O) groups excluding carboxylic acids is 3. The molecule has 6 rings (SSSR count). The Hall–Kier alpha value is -4.66. The molecule has 1 saturated heterocycles. The SMILES string of the molecule is O=C(c1cccc(N2C(=O)c3ccccc3C2=O)c1)N1CCCC(c2nc(-c3ccc(F)cc3)no2)C1. The van der Waals surface area contributed by atoms with Gasteiger partial charge in [0.15, 0.2) is 0 Å². The number of piperidine rings is 1. The molecular formula is C28H21FN4O4. The summed E-state index contributed by atoms with van der Waals surface area (Å²) in [7, 11) is 0. The second-order valence-corrected chi connectivity index (χ2v) is 9.10. The summed E-state index contributed by atoms with van der Waals surface area (Å²) in [5.41, 5.74) is 2.08. The highest BCUT2D eigenvalue weighted by Gasteiger charge is 2.37. The highest BCUT2D eigenvalue weighted by molar-refractivity contribution is 6.34. The monoisotopic (exact) mass is 496 g/mol. The Morgan fingerprint density at radius 2 is 1.68 bits per heavy atom. The molecule has 9 heteroatoms. The van der Waals surface area contributed by atoms with E-state index in [9.17, 15) is 18.8 Å². The van der Waals surface area contributed by atoms with Crippen molar-refractivity contribution in [3.63, 3.8) is 0 Å². The van der Waals surface area contributed by atoms with Gasteiger partial charge in [-0.25, -0.2) is 9.29 Å². The van der Waals surface area contributed by atoms with Crippen molar-refractivity contribution in [3.8, 4) is 11.4 Å². The van der Waals surface area contributed by atoms with E-state index in [2.05, 4.69) is 10.1 Å². The van der Waals surface area contributed by atoms with Crippen LogP contribution in [0.25, 0.3) is 11.4 Å². The number of hydrogen-bond donors (Lipinski definition) is 0. The lowest BCUT2D eigenvalue weighted by Gasteiger charge is -2.31. The molecule has 0 bridgehead atoms. The van der Waals surface area contributed by atoms with Gasteiger partial charge in [-0.2, -0.15) is 4.98 Å². The van der Waals surface area contributed by atoms with Gasteiger partial charge >= 0.3 is 0 Å². The van der Waals surface area contributed by atoms with Crippen LogP contribution in [0.15, 0.2) is 77.3 Å². The first-order valence-corrected chi connectivity index (χ1v) is 12.0. The van der Waals surface area contributed by atoms with Crippen molar-refractivity contribution in [3.05, 3.63) is 101 Å². The van der Waals surface area contributed by atoms with Crippen LogP contribution >= 0.6 is 0 Å². The zero-order chi connectivity index (χ0) is 25.5. The van der Waals surface area contributed by atoms with E-state index in [4.69, 9.17) is 4.52 Å². The van der Waals surface area contributed by atoms with Crippen LogP contribution in [0, 0.1) is 5.82 Å². The quantitative estimate of drug-likeness (QED) is 0.380. The molecule has 2 aliphatic rings. The van der Waals surface area contributed by atoms with Crippen LogP contribution in [-0.4, -0.2) is 45.9 Å². The third-order valence-corrected chi connectivity index (χ3v) is 6.75. The molecule has 37 heavy (non-hydrogen) atoms. The normalized spacial score (nSPS) is 17.3. The van der Waals surface area contributed by atoms with E-state index < -0.39 is 11.8 Å². The maximum atomic E-state index is 13.4. The number of carbonyl (C=O) groups is 3. The van der Waals surface area contributed by atoms with Gasteiger partial charge in [0.2, 0.25) is 11.7 Å². The van der Waals surface area contributed by atoms with E-state index in [1.807, 2.05) is 0 Å². The van der Waals surface area contributed by atoms with Gasteiger partial charge in [-0.15, -0.1) is 0 Å². The predicted octanol–water partition coefficient (Wildman–Crippen LogP) is 4.70. The number of nitrogens with zero attached hydrogens (tertiary/aromatic N) is 4. The van der Waals surface area contributed by atoms with E-state index >= 15 is 0 Å². The molecule has 0 aliphatic carbocycles. The average Bonchev–Trinajstić information content (AvgIpc) is 3.52. The second-order valence-electron chi connectivity index (χ2n) is 9.10. The number of anilines is 1. The first-order valence-electron chi connectivity index (χ1n) is 12.0. The fourth-order valence-electron chi connectivity index (χ4n) is 4.86. The van der Waals surface area contributed by atoms with Gasteiger partial charge in [0.1, 0.15) is 5.82 Å². The number of amides is 3. The number of aromatic nitrogens is 2. The van der Waals surface area contributed by atoms with Crippen LogP contribution < -0.4 is 4.90 Å². The van der Waals surface area contributed by atoms with Gasteiger partial charge < -0.3 is 9.42 Å². The first-order chi connectivity index (χ1) is 18.0. The van der Waals surface area contributed by atoms with Crippen LogP contribution in [0.4, 0.5) is 10.1 Å². The Morgan fingerprint density at radius 3 is 2.41 bits per heavy atom. The highest BCUT2D eigenvalue weighted by atomic mass is 19.1. The summed E-state index contributed by atoms with van der Waals surface area (Å²) in [6.45, 7) is 0.951. The van der Waals surface area contributed by atoms with Crippen molar-refractivity contribution < 1.29 is 23.3 Å².